The summed E-state index contributed by atoms with van der Waals surface area (Å²) in [5.41, 5.74) is 1.48. The van der Waals surface area contributed by atoms with Crippen LogP contribution in [0.25, 0.3) is 0 Å². The summed E-state index contributed by atoms with van der Waals surface area (Å²) >= 11 is 0. The van der Waals surface area contributed by atoms with E-state index in [4.69, 9.17) is 0 Å². The van der Waals surface area contributed by atoms with Crippen LogP contribution in [0.4, 0.5) is 0 Å². The second-order valence-electron chi connectivity index (χ2n) is 5.02. The summed E-state index contributed by atoms with van der Waals surface area (Å²) in [5.74, 6) is 0.948. The first-order valence-corrected chi connectivity index (χ1v) is 6.24. The lowest BCUT2D eigenvalue weighted by Crippen LogP contribution is -2.30. The molecule has 0 bridgehead atoms. The first-order valence-electron chi connectivity index (χ1n) is 6.24. The van der Waals surface area contributed by atoms with Crippen LogP contribution < -0.4 is 5.32 Å². The molecule has 1 aromatic rings. The Morgan fingerprint density at radius 1 is 1.00 bits per heavy atom. The minimum Gasteiger partial charge on any atom is -0.307 e. The Morgan fingerprint density at radius 3 is 2.60 bits per heavy atom. The maximum atomic E-state index is 3.81. The molecule has 1 aliphatic carbocycles. The molecule has 1 N–H and O–H groups in total. The van der Waals surface area contributed by atoms with E-state index in [-0.39, 0.29) is 0 Å². The number of hydrogen-bond acceptors (Lipinski definition) is 1. The Morgan fingerprint density at radius 2 is 1.80 bits per heavy atom. The normalized spacial score (nSPS) is 35.1. The van der Waals surface area contributed by atoms with E-state index in [0.29, 0.717) is 6.04 Å². The van der Waals surface area contributed by atoms with Gasteiger partial charge in [0.25, 0.3) is 0 Å². The van der Waals surface area contributed by atoms with Crippen LogP contribution in [0, 0.1) is 5.92 Å². The highest BCUT2D eigenvalue weighted by Crippen LogP contribution is 2.38. The molecule has 2 aliphatic rings. The molecule has 1 saturated heterocycles. The molecule has 3 unspecified atom stereocenters. The average Bonchev–Trinajstić information content (AvgIpc) is 2.74. The fourth-order valence-corrected chi connectivity index (χ4v) is 3.26. The molecule has 1 saturated carbocycles. The second kappa shape index (κ2) is 3.97. The van der Waals surface area contributed by atoms with E-state index < -0.39 is 0 Å². The van der Waals surface area contributed by atoms with Crippen molar-refractivity contribution in [1.29, 1.82) is 0 Å². The SMILES string of the molecule is c1ccc(C2CC3CCCCC3N2)cc1. The molecular weight excluding hydrogens is 182 g/mol. The Hall–Kier alpha value is -0.820. The van der Waals surface area contributed by atoms with Gasteiger partial charge in [0.2, 0.25) is 0 Å². The summed E-state index contributed by atoms with van der Waals surface area (Å²) in [5, 5.41) is 3.81. The van der Waals surface area contributed by atoms with Crippen molar-refractivity contribution in [2.24, 2.45) is 5.92 Å². The molecule has 1 aliphatic heterocycles. The fourth-order valence-electron chi connectivity index (χ4n) is 3.26. The molecule has 0 spiro atoms. The zero-order valence-electron chi connectivity index (χ0n) is 9.15. The molecule has 0 amide bonds. The van der Waals surface area contributed by atoms with Gasteiger partial charge in [0.15, 0.2) is 0 Å². The van der Waals surface area contributed by atoms with Crippen molar-refractivity contribution in [1.82, 2.24) is 5.32 Å². The molecule has 1 aromatic carbocycles. The van der Waals surface area contributed by atoms with Crippen LogP contribution in [-0.2, 0) is 0 Å². The first-order chi connectivity index (χ1) is 7.43. The molecule has 3 atom stereocenters. The van der Waals surface area contributed by atoms with E-state index in [1.807, 2.05) is 0 Å². The maximum absolute atomic E-state index is 3.81. The largest absolute Gasteiger partial charge is 0.307 e. The highest BCUT2D eigenvalue weighted by molar-refractivity contribution is 5.20. The smallest absolute Gasteiger partial charge is 0.0325 e. The van der Waals surface area contributed by atoms with E-state index in [1.165, 1.54) is 37.7 Å². The van der Waals surface area contributed by atoms with Gasteiger partial charge in [-0.25, -0.2) is 0 Å². The zero-order valence-corrected chi connectivity index (χ0v) is 9.15. The van der Waals surface area contributed by atoms with Crippen molar-refractivity contribution in [3.63, 3.8) is 0 Å². The van der Waals surface area contributed by atoms with Crippen LogP contribution in [0.2, 0.25) is 0 Å². The molecule has 1 heterocycles. The standard InChI is InChI=1S/C14H19N/c1-2-6-11(7-3-1)14-10-12-8-4-5-9-13(12)15-14/h1-3,6-7,12-15H,4-5,8-10H2. The summed E-state index contributed by atoms with van der Waals surface area (Å²) in [7, 11) is 0. The van der Waals surface area contributed by atoms with Gasteiger partial charge >= 0.3 is 0 Å². The quantitative estimate of drug-likeness (QED) is 0.735. The molecule has 0 radical (unpaired) electrons. The molecule has 15 heavy (non-hydrogen) atoms. The van der Waals surface area contributed by atoms with Gasteiger partial charge in [0.05, 0.1) is 0 Å². The van der Waals surface area contributed by atoms with Crippen LogP contribution in [0.3, 0.4) is 0 Å². The van der Waals surface area contributed by atoms with Crippen LogP contribution in [0.5, 0.6) is 0 Å². The fraction of sp³-hybridized carbons (Fsp3) is 0.571. The van der Waals surface area contributed by atoms with E-state index in [2.05, 4.69) is 35.6 Å². The minimum atomic E-state index is 0.624. The van der Waals surface area contributed by atoms with Crippen LogP contribution in [-0.4, -0.2) is 6.04 Å². The molecule has 3 rings (SSSR count). The summed E-state index contributed by atoms with van der Waals surface area (Å²) in [4.78, 5) is 0. The summed E-state index contributed by atoms with van der Waals surface area (Å²) in [6.45, 7) is 0. The molecule has 80 valence electrons. The predicted molar refractivity (Wildman–Crippen MR) is 62.7 cm³/mol. The van der Waals surface area contributed by atoms with E-state index in [9.17, 15) is 0 Å². The third-order valence-corrected chi connectivity index (χ3v) is 4.06. The van der Waals surface area contributed by atoms with Crippen LogP contribution in [0.15, 0.2) is 30.3 Å². The van der Waals surface area contributed by atoms with Crippen molar-refractivity contribution < 1.29 is 0 Å². The first kappa shape index (κ1) is 9.41. The number of benzene rings is 1. The van der Waals surface area contributed by atoms with Crippen molar-refractivity contribution in [3.8, 4) is 0 Å². The zero-order chi connectivity index (χ0) is 10.1. The van der Waals surface area contributed by atoms with Crippen molar-refractivity contribution in [2.75, 3.05) is 0 Å². The average molecular weight is 201 g/mol. The minimum absolute atomic E-state index is 0.624. The lowest BCUT2D eigenvalue weighted by Gasteiger charge is -2.24. The lowest BCUT2D eigenvalue weighted by molar-refractivity contribution is 0.325. The Bertz CT molecular complexity index is 305. The monoisotopic (exact) mass is 201 g/mol. The van der Waals surface area contributed by atoms with Crippen LogP contribution in [0.1, 0.15) is 43.7 Å². The predicted octanol–water partition coefficient (Wildman–Crippen LogP) is 3.28. The summed E-state index contributed by atoms with van der Waals surface area (Å²) < 4.78 is 0. The van der Waals surface area contributed by atoms with Gasteiger partial charge in [0, 0.05) is 12.1 Å². The molecule has 1 heteroatoms. The van der Waals surface area contributed by atoms with Gasteiger partial charge < -0.3 is 5.32 Å². The number of hydrogen-bond donors (Lipinski definition) is 1. The molecule has 2 fully saturated rings. The van der Waals surface area contributed by atoms with Crippen molar-refractivity contribution in [2.45, 2.75) is 44.2 Å². The van der Waals surface area contributed by atoms with Gasteiger partial charge in [-0.05, 0) is 30.7 Å². The van der Waals surface area contributed by atoms with E-state index in [1.54, 1.807) is 0 Å². The van der Waals surface area contributed by atoms with E-state index in [0.717, 1.165) is 12.0 Å². The highest BCUT2D eigenvalue weighted by Gasteiger charge is 2.35. The summed E-state index contributed by atoms with van der Waals surface area (Å²) in [6, 6.07) is 12.4. The van der Waals surface area contributed by atoms with Gasteiger partial charge in [-0.3, -0.25) is 0 Å². The van der Waals surface area contributed by atoms with Gasteiger partial charge in [-0.2, -0.15) is 0 Å². The van der Waals surface area contributed by atoms with E-state index >= 15 is 0 Å². The van der Waals surface area contributed by atoms with Gasteiger partial charge in [-0.15, -0.1) is 0 Å². The molecule has 0 aromatic heterocycles. The Labute approximate surface area is 91.9 Å². The molecule has 1 nitrogen and oxygen atoms in total. The second-order valence-corrected chi connectivity index (χ2v) is 5.02. The topological polar surface area (TPSA) is 12.0 Å². The van der Waals surface area contributed by atoms with Gasteiger partial charge in [-0.1, -0.05) is 43.2 Å². The summed E-state index contributed by atoms with van der Waals surface area (Å²) in [6.07, 6.45) is 7.07. The Balaban J connectivity index is 1.75. The van der Waals surface area contributed by atoms with Crippen LogP contribution >= 0.6 is 0 Å². The third-order valence-electron chi connectivity index (χ3n) is 4.06. The number of rotatable bonds is 1. The third kappa shape index (κ3) is 1.81. The Kier molecular flexibility index (Phi) is 2.49. The highest BCUT2D eigenvalue weighted by atomic mass is 15.0. The maximum Gasteiger partial charge on any atom is 0.0325 e. The lowest BCUT2D eigenvalue weighted by atomic mass is 9.84. The van der Waals surface area contributed by atoms with Crippen molar-refractivity contribution >= 4 is 0 Å². The molecular formula is C14H19N. The van der Waals surface area contributed by atoms with Crippen molar-refractivity contribution in [3.05, 3.63) is 35.9 Å². The number of nitrogens with one attached hydrogen (secondary N) is 1. The number of fused-ring (bicyclic) bond motifs is 1. The van der Waals surface area contributed by atoms with Gasteiger partial charge in [0.1, 0.15) is 0 Å².